The Hall–Kier alpha value is -2.75. The first-order valence-corrected chi connectivity index (χ1v) is 6.56. The summed E-state index contributed by atoms with van der Waals surface area (Å²) in [6.45, 7) is 1.96. The first-order valence-electron chi connectivity index (χ1n) is 6.56. The molecule has 0 bridgehead atoms. The summed E-state index contributed by atoms with van der Waals surface area (Å²) >= 11 is 0. The van der Waals surface area contributed by atoms with Crippen LogP contribution in [0.3, 0.4) is 0 Å². The normalized spacial score (nSPS) is 10.6. The lowest BCUT2D eigenvalue weighted by atomic mass is 10.1. The summed E-state index contributed by atoms with van der Waals surface area (Å²) < 4.78 is 15.5. The fourth-order valence-electron chi connectivity index (χ4n) is 2.28. The third-order valence-corrected chi connectivity index (χ3v) is 3.36. The standard InChI is InChI=1S/C17H13FN2O/c1-12-6-2-5-9-16(12)20-10-13(11-21)17(19-20)14-7-3-4-8-15(14)18/h2-11H,1H3. The molecule has 0 saturated carbocycles. The monoisotopic (exact) mass is 280 g/mol. The largest absolute Gasteiger partial charge is 0.298 e. The molecule has 1 heterocycles. The van der Waals surface area contributed by atoms with Gasteiger partial charge in [-0.3, -0.25) is 4.79 Å². The summed E-state index contributed by atoms with van der Waals surface area (Å²) in [5.41, 5.74) is 2.93. The molecule has 0 fully saturated rings. The van der Waals surface area contributed by atoms with E-state index in [4.69, 9.17) is 0 Å². The maximum atomic E-state index is 13.9. The van der Waals surface area contributed by atoms with Gasteiger partial charge in [0.15, 0.2) is 6.29 Å². The number of rotatable bonds is 3. The van der Waals surface area contributed by atoms with E-state index in [2.05, 4.69) is 5.10 Å². The topological polar surface area (TPSA) is 34.9 Å². The van der Waals surface area contributed by atoms with Crippen LogP contribution in [0.15, 0.2) is 54.7 Å². The van der Waals surface area contributed by atoms with Gasteiger partial charge < -0.3 is 0 Å². The SMILES string of the molecule is Cc1ccccc1-n1cc(C=O)c(-c2ccccc2F)n1. The van der Waals surface area contributed by atoms with Crippen LogP contribution < -0.4 is 0 Å². The number of aryl methyl sites for hydroxylation is 1. The fraction of sp³-hybridized carbons (Fsp3) is 0.0588. The average molecular weight is 280 g/mol. The first kappa shape index (κ1) is 13.2. The van der Waals surface area contributed by atoms with E-state index < -0.39 is 5.82 Å². The van der Waals surface area contributed by atoms with E-state index in [0.717, 1.165) is 11.3 Å². The lowest BCUT2D eigenvalue weighted by Gasteiger charge is -2.04. The maximum absolute atomic E-state index is 13.9. The number of benzene rings is 2. The first-order chi connectivity index (χ1) is 10.2. The quantitative estimate of drug-likeness (QED) is 0.684. The van der Waals surface area contributed by atoms with Crippen LogP contribution in [0.25, 0.3) is 16.9 Å². The number of para-hydroxylation sites is 1. The predicted molar refractivity (Wildman–Crippen MR) is 79.1 cm³/mol. The number of halogens is 1. The highest BCUT2D eigenvalue weighted by atomic mass is 19.1. The zero-order chi connectivity index (χ0) is 14.8. The van der Waals surface area contributed by atoms with E-state index in [1.165, 1.54) is 6.07 Å². The predicted octanol–water partition coefficient (Wildman–Crippen LogP) is 3.80. The fourth-order valence-corrected chi connectivity index (χ4v) is 2.28. The van der Waals surface area contributed by atoms with Crippen LogP contribution >= 0.6 is 0 Å². The second-order valence-corrected chi connectivity index (χ2v) is 4.76. The molecule has 0 radical (unpaired) electrons. The molecule has 3 nitrogen and oxygen atoms in total. The van der Waals surface area contributed by atoms with Gasteiger partial charge in [-0.05, 0) is 30.7 Å². The van der Waals surface area contributed by atoms with Gasteiger partial charge in [0.2, 0.25) is 0 Å². The summed E-state index contributed by atoms with van der Waals surface area (Å²) in [7, 11) is 0. The Bertz CT molecular complexity index is 808. The van der Waals surface area contributed by atoms with E-state index >= 15 is 0 Å². The number of nitrogens with zero attached hydrogens (tertiary/aromatic N) is 2. The number of carbonyl (C=O) groups excluding carboxylic acids is 1. The summed E-state index contributed by atoms with van der Waals surface area (Å²) in [6.07, 6.45) is 2.32. The number of aromatic nitrogens is 2. The van der Waals surface area contributed by atoms with Gasteiger partial charge in [-0.15, -0.1) is 0 Å². The van der Waals surface area contributed by atoms with Crippen LogP contribution in [0.4, 0.5) is 4.39 Å². The van der Waals surface area contributed by atoms with E-state index in [0.29, 0.717) is 23.1 Å². The number of hydrogen-bond donors (Lipinski definition) is 0. The van der Waals surface area contributed by atoms with Crippen molar-refractivity contribution in [2.45, 2.75) is 6.92 Å². The molecule has 0 amide bonds. The van der Waals surface area contributed by atoms with Crippen molar-refractivity contribution in [1.29, 1.82) is 0 Å². The van der Waals surface area contributed by atoms with Crippen molar-refractivity contribution in [3.8, 4) is 16.9 Å². The van der Waals surface area contributed by atoms with Gasteiger partial charge in [0, 0.05) is 11.8 Å². The molecule has 0 saturated heterocycles. The van der Waals surface area contributed by atoms with E-state index in [1.807, 2.05) is 31.2 Å². The highest BCUT2D eigenvalue weighted by molar-refractivity contribution is 5.85. The van der Waals surface area contributed by atoms with Crippen LogP contribution in [0, 0.1) is 12.7 Å². The van der Waals surface area contributed by atoms with Crippen molar-refractivity contribution in [2.75, 3.05) is 0 Å². The van der Waals surface area contributed by atoms with Crippen molar-refractivity contribution >= 4 is 6.29 Å². The maximum Gasteiger partial charge on any atom is 0.153 e. The molecule has 1 aromatic heterocycles. The summed E-state index contributed by atoms with van der Waals surface area (Å²) in [6, 6.07) is 14.0. The molecular formula is C17H13FN2O. The Morgan fingerprint density at radius 3 is 2.52 bits per heavy atom. The van der Waals surface area contributed by atoms with Gasteiger partial charge in [0.05, 0.1) is 11.3 Å². The summed E-state index contributed by atoms with van der Waals surface area (Å²) in [4.78, 5) is 11.3. The number of carbonyl (C=O) groups is 1. The molecular weight excluding hydrogens is 267 g/mol. The van der Waals surface area contributed by atoms with E-state index in [9.17, 15) is 9.18 Å². The van der Waals surface area contributed by atoms with Gasteiger partial charge in [0.25, 0.3) is 0 Å². The van der Waals surface area contributed by atoms with Crippen LogP contribution in [0.2, 0.25) is 0 Å². The van der Waals surface area contributed by atoms with Crippen LogP contribution in [0.1, 0.15) is 15.9 Å². The van der Waals surface area contributed by atoms with Crippen molar-refractivity contribution < 1.29 is 9.18 Å². The number of aldehydes is 1. The van der Waals surface area contributed by atoms with Crippen LogP contribution in [-0.2, 0) is 0 Å². The van der Waals surface area contributed by atoms with Gasteiger partial charge in [-0.25, -0.2) is 9.07 Å². The molecule has 104 valence electrons. The molecule has 0 N–H and O–H groups in total. The molecule has 0 unspecified atom stereocenters. The second-order valence-electron chi connectivity index (χ2n) is 4.76. The van der Waals surface area contributed by atoms with Gasteiger partial charge in [-0.2, -0.15) is 5.10 Å². The minimum atomic E-state index is -0.393. The highest BCUT2D eigenvalue weighted by Gasteiger charge is 2.15. The lowest BCUT2D eigenvalue weighted by molar-refractivity contribution is 0.112. The molecule has 3 rings (SSSR count). The average Bonchev–Trinajstić information content (AvgIpc) is 2.92. The molecule has 0 aliphatic carbocycles. The number of hydrogen-bond acceptors (Lipinski definition) is 2. The van der Waals surface area contributed by atoms with Gasteiger partial charge >= 0.3 is 0 Å². The smallest absolute Gasteiger partial charge is 0.153 e. The molecule has 0 aliphatic rings. The zero-order valence-electron chi connectivity index (χ0n) is 11.5. The van der Waals surface area contributed by atoms with Crippen molar-refractivity contribution in [2.24, 2.45) is 0 Å². The third kappa shape index (κ3) is 2.36. The third-order valence-electron chi connectivity index (χ3n) is 3.36. The molecule has 4 heteroatoms. The molecule has 0 spiro atoms. The minimum absolute atomic E-state index is 0.326. The summed E-state index contributed by atoms with van der Waals surface area (Å²) in [5, 5.41) is 4.39. The molecule has 0 aliphatic heterocycles. The van der Waals surface area contributed by atoms with Gasteiger partial charge in [-0.1, -0.05) is 30.3 Å². The van der Waals surface area contributed by atoms with Crippen molar-refractivity contribution in [3.05, 3.63) is 71.7 Å². The van der Waals surface area contributed by atoms with E-state index in [1.54, 1.807) is 29.1 Å². The van der Waals surface area contributed by atoms with Crippen molar-refractivity contribution in [1.82, 2.24) is 9.78 Å². The highest BCUT2D eigenvalue weighted by Crippen LogP contribution is 2.25. The Balaban J connectivity index is 2.18. The second kappa shape index (κ2) is 5.32. The van der Waals surface area contributed by atoms with Crippen molar-refractivity contribution in [3.63, 3.8) is 0 Å². The van der Waals surface area contributed by atoms with Crippen LogP contribution in [0.5, 0.6) is 0 Å². The Kier molecular flexibility index (Phi) is 3.36. The Morgan fingerprint density at radius 2 is 1.81 bits per heavy atom. The van der Waals surface area contributed by atoms with E-state index in [-0.39, 0.29) is 0 Å². The molecule has 21 heavy (non-hydrogen) atoms. The molecule has 3 aromatic rings. The Morgan fingerprint density at radius 1 is 1.10 bits per heavy atom. The molecule has 2 aromatic carbocycles. The lowest BCUT2D eigenvalue weighted by Crippen LogP contribution is -1.97. The Labute approximate surface area is 121 Å². The summed E-state index contributed by atoms with van der Waals surface area (Å²) in [5.74, 6) is -0.393. The molecule has 0 atom stereocenters. The van der Waals surface area contributed by atoms with Crippen LogP contribution in [-0.4, -0.2) is 16.1 Å². The van der Waals surface area contributed by atoms with Gasteiger partial charge in [0.1, 0.15) is 11.5 Å². The zero-order valence-corrected chi connectivity index (χ0v) is 11.5. The minimum Gasteiger partial charge on any atom is -0.298 e.